The number of rotatable bonds is 20. The summed E-state index contributed by atoms with van der Waals surface area (Å²) in [6, 6.07) is 16.5. The van der Waals surface area contributed by atoms with Gasteiger partial charge in [-0.1, -0.05) is 76.1 Å². The predicted octanol–water partition coefficient (Wildman–Crippen LogP) is 4.73. The Morgan fingerprint density at radius 3 is 2.14 bits per heavy atom. The molecule has 3 aromatic carbocycles. The lowest BCUT2D eigenvalue weighted by Gasteiger charge is -2.32. The molecule has 3 rings (SSSR count). The maximum absolute atomic E-state index is 14.4. The van der Waals surface area contributed by atoms with Crippen LogP contribution in [0.5, 0.6) is 5.75 Å². The minimum absolute atomic E-state index is 0.0225. The van der Waals surface area contributed by atoms with Crippen LogP contribution in [0.25, 0.3) is 0 Å². The first-order valence-electron chi connectivity index (χ1n) is 16.8. The molecule has 3 atom stereocenters. The molecule has 2 amide bonds. The third-order valence-electron chi connectivity index (χ3n) is 8.25. The largest absolute Gasteiger partial charge is 0.484 e. The number of nitrogens with zero attached hydrogens (tertiary/aromatic N) is 1. The minimum atomic E-state index is -3.88. The average Bonchev–Trinajstić information content (AvgIpc) is 3.06. The van der Waals surface area contributed by atoms with Crippen molar-refractivity contribution in [1.29, 1.82) is 0 Å². The van der Waals surface area contributed by atoms with Gasteiger partial charge in [0.2, 0.25) is 5.91 Å². The highest BCUT2D eigenvalue weighted by atomic mass is 32.2. The second kappa shape index (κ2) is 19.4. The Kier molecular flexibility index (Phi) is 15.6. The van der Waals surface area contributed by atoms with Gasteiger partial charge >= 0.3 is 0 Å². The molecule has 0 aliphatic heterocycles. The Morgan fingerprint density at radius 1 is 0.898 bits per heavy atom. The van der Waals surface area contributed by atoms with E-state index in [1.54, 1.807) is 36.4 Å². The van der Waals surface area contributed by atoms with Gasteiger partial charge in [-0.2, -0.15) is 0 Å². The Balaban J connectivity index is 1.94. The average molecular weight is 702 g/mol. The third kappa shape index (κ3) is 12.8. The number of carbonyl (C=O) groups is 2. The van der Waals surface area contributed by atoms with Gasteiger partial charge in [0.15, 0.2) is 16.4 Å². The van der Waals surface area contributed by atoms with E-state index >= 15 is 0 Å². The van der Waals surface area contributed by atoms with Gasteiger partial charge in [-0.25, -0.2) is 17.2 Å². The highest BCUT2D eigenvalue weighted by Crippen LogP contribution is 2.19. The van der Waals surface area contributed by atoms with Crippen molar-refractivity contribution in [2.24, 2.45) is 5.73 Å². The van der Waals surface area contributed by atoms with Crippen LogP contribution in [-0.4, -0.2) is 72.6 Å². The summed E-state index contributed by atoms with van der Waals surface area (Å²) in [7, 11) is -3.88. The number of hydrogen-bond acceptors (Lipinski definition) is 7. The zero-order valence-electron chi connectivity index (χ0n) is 28.5. The first kappa shape index (κ1) is 39.6. The van der Waals surface area contributed by atoms with E-state index in [1.807, 2.05) is 39.0 Å². The molecule has 12 heteroatoms. The number of benzene rings is 3. The van der Waals surface area contributed by atoms with Crippen molar-refractivity contribution in [2.45, 2.75) is 89.3 Å². The first-order chi connectivity index (χ1) is 23.3. The zero-order valence-corrected chi connectivity index (χ0v) is 29.3. The molecule has 0 unspecified atom stereocenters. The molecular formula is C37H49F2N3O6S. The second-order valence-corrected chi connectivity index (χ2v) is 14.7. The predicted molar refractivity (Wildman–Crippen MR) is 187 cm³/mol. The summed E-state index contributed by atoms with van der Waals surface area (Å²) >= 11 is 0. The van der Waals surface area contributed by atoms with Crippen LogP contribution in [0.3, 0.4) is 0 Å². The van der Waals surface area contributed by atoms with Gasteiger partial charge in [-0.15, -0.1) is 0 Å². The van der Waals surface area contributed by atoms with E-state index in [0.717, 1.165) is 35.7 Å². The number of para-hydroxylation sites is 1. The first-order valence-corrected chi connectivity index (χ1v) is 18.5. The number of amides is 2. The SMILES string of the molecule is CCCC(CCC)S(=O)(=O)C[C@H](NC(=O)COc1ccccc1)C(=O)N(Cc1cccc(CC)c1)C[C@@H](O)[C@@H](N)Cc1cc(F)cc(F)c1. The number of halogens is 2. The number of nitrogens with two attached hydrogens (primary N) is 1. The molecule has 0 fully saturated rings. The maximum Gasteiger partial charge on any atom is 0.258 e. The molecule has 0 heterocycles. The van der Waals surface area contributed by atoms with Gasteiger partial charge in [0.1, 0.15) is 23.4 Å². The lowest BCUT2D eigenvalue weighted by Crippen LogP contribution is -2.55. The fourth-order valence-corrected chi connectivity index (χ4v) is 7.86. The van der Waals surface area contributed by atoms with Gasteiger partial charge in [0.05, 0.1) is 17.1 Å². The molecule has 0 radical (unpaired) electrons. The van der Waals surface area contributed by atoms with E-state index < -0.39 is 69.1 Å². The van der Waals surface area contributed by atoms with Crippen LogP contribution in [-0.2, 0) is 38.8 Å². The number of aryl methyl sites for hydroxylation is 1. The van der Waals surface area contributed by atoms with Crippen molar-refractivity contribution < 1.29 is 36.6 Å². The molecule has 0 aromatic heterocycles. The summed E-state index contributed by atoms with van der Waals surface area (Å²) in [5.41, 5.74) is 8.23. The molecular weight excluding hydrogens is 652 g/mol. The highest BCUT2D eigenvalue weighted by molar-refractivity contribution is 7.92. The number of carbonyl (C=O) groups excluding carboxylic acids is 2. The summed E-state index contributed by atoms with van der Waals surface area (Å²) < 4.78 is 60.8. The van der Waals surface area contributed by atoms with E-state index in [-0.39, 0.29) is 25.1 Å². The quantitative estimate of drug-likeness (QED) is 0.155. The summed E-state index contributed by atoms with van der Waals surface area (Å²) in [6.07, 6.45) is 1.33. The summed E-state index contributed by atoms with van der Waals surface area (Å²) in [6.45, 7) is 4.94. The van der Waals surface area contributed by atoms with Crippen molar-refractivity contribution in [3.8, 4) is 5.75 Å². The van der Waals surface area contributed by atoms with Gasteiger partial charge in [-0.05, 0) is 66.6 Å². The van der Waals surface area contributed by atoms with E-state index in [1.165, 1.54) is 4.90 Å². The van der Waals surface area contributed by atoms with Crippen molar-refractivity contribution >= 4 is 21.7 Å². The molecule has 0 saturated heterocycles. The van der Waals surface area contributed by atoms with Gasteiger partial charge in [-0.3, -0.25) is 9.59 Å². The normalized spacial score (nSPS) is 13.5. The van der Waals surface area contributed by atoms with Crippen LogP contribution >= 0.6 is 0 Å². The van der Waals surface area contributed by atoms with Crippen LogP contribution in [0, 0.1) is 11.6 Å². The van der Waals surface area contributed by atoms with Crippen LogP contribution in [0.4, 0.5) is 8.78 Å². The second-order valence-electron chi connectivity index (χ2n) is 12.4. The lowest BCUT2D eigenvalue weighted by molar-refractivity contribution is -0.138. The van der Waals surface area contributed by atoms with Crippen molar-refractivity contribution in [3.63, 3.8) is 0 Å². The van der Waals surface area contributed by atoms with Crippen molar-refractivity contribution in [1.82, 2.24) is 10.2 Å². The highest BCUT2D eigenvalue weighted by Gasteiger charge is 2.35. The number of sulfone groups is 1. The summed E-state index contributed by atoms with van der Waals surface area (Å²) in [4.78, 5) is 28.8. The fourth-order valence-electron chi connectivity index (χ4n) is 5.71. The molecule has 4 N–H and O–H groups in total. The standard InChI is InChI=1S/C37H49F2N3O6S/c1-4-11-32(12-5-2)49(46,47)25-34(41-36(44)24-48-31-15-8-7-9-16-31)37(45)42(22-27-14-10-13-26(6-3)17-27)23-35(43)33(40)20-28-18-29(38)21-30(39)19-28/h7-10,13-19,21,32-35,43H,4-6,11-12,20,22-25,40H2,1-3H3,(H,41,44)/t33-,34-,35+/m0/s1. The van der Waals surface area contributed by atoms with E-state index in [0.29, 0.717) is 31.4 Å². The number of ether oxygens (including phenoxy) is 1. The summed E-state index contributed by atoms with van der Waals surface area (Å²) in [5, 5.41) is 13.1. The molecule has 0 saturated carbocycles. The molecule has 49 heavy (non-hydrogen) atoms. The van der Waals surface area contributed by atoms with Crippen LogP contribution in [0.1, 0.15) is 63.1 Å². The van der Waals surface area contributed by atoms with Crippen LogP contribution in [0.15, 0.2) is 72.8 Å². The van der Waals surface area contributed by atoms with E-state index in [2.05, 4.69) is 5.32 Å². The van der Waals surface area contributed by atoms with Gasteiger partial charge in [0, 0.05) is 25.2 Å². The Hall–Kier alpha value is -3.87. The number of hydrogen-bond donors (Lipinski definition) is 3. The molecule has 0 aliphatic carbocycles. The smallest absolute Gasteiger partial charge is 0.258 e. The molecule has 3 aromatic rings. The van der Waals surface area contributed by atoms with E-state index in [9.17, 15) is 31.9 Å². The monoisotopic (exact) mass is 701 g/mol. The molecule has 0 aliphatic rings. The van der Waals surface area contributed by atoms with Gasteiger partial charge in [0.25, 0.3) is 5.91 Å². The number of aliphatic hydroxyl groups excluding tert-OH is 1. The fraction of sp³-hybridized carbons (Fsp3) is 0.459. The zero-order chi connectivity index (χ0) is 36.0. The Morgan fingerprint density at radius 2 is 1.53 bits per heavy atom. The van der Waals surface area contributed by atoms with Crippen LogP contribution < -0.4 is 15.8 Å². The molecule has 0 spiro atoms. The maximum atomic E-state index is 14.4. The summed E-state index contributed by atoms with van der Waals surface area (Å²) in [5.74, 6) is -3.22. The third-order valence-corrected chi connectivity index (χ3v) is 10.5. The van der Waals surface area contributed by atoms with Gasteiger partial charge < -0.3 is 25.8 Å². The van der Waals surface area contributed by atoms with E-state index in [4.69, 9.17) is 10.5 Å². The lowest BCUT2D eigenvalue weighted by atomic mass is 10.0. The number of aliphatic hydroxyl groups is 1. The molecule has 0 bridgehead atoms. The topological polar surface area (TPSA) is 139 Å². The number of nitrogens with one attached hydrogen (secondary N) is 1. The Bertz CT molecular complexity index is 1580. The molecule has 9 nitrogen and oxygen atoms in total. The van der Waals surface area contributed by atoms with Crippen LogP contribution in [0.2, 0.25) is 0 Å². The van der Waals surface area contributed by atoms with Crippen molar-refractivity contribution in [3.05, 3.63) is 101 Å². The molecule has 268 valence electrons. The Labute approximate surface area is 288 Å². The minimum Gasteiger partial charge on any atom is -0.484 e. The van der Waals surface area contributed by atoms with Crippen molar-refractivity contribution in [2.75, 3.05) is 18.9 Å².